The molecule has 2 nitrogen and oxygen atoms in total. The molecule has 0 aliphatic heterocycles. The molecular weight excluding hydrogens is 176 g/mol. The second-order valence-corrected chi connectivity index (χ2v) is 4.28. The van der Waals surface area contributed by atoms with E-state index in [1.807, 2.05) is 6.08 Å². The Labute approximate surface area is 87.0 Å². The van der Waals surface area contributed by atoms with Crippen molar-refractivity contribution in [3.05, 3.63) is 11.6 Å². The molecule has 0 saturated heterocycles. The molecule has 0 rings (SSSR count). The van der Waals surface area contributed by atoms with Gasteiger partial charge in [0.25, 0.3) is 0 Å². The number of aliphatic hydroxyl groups excluding tert-OH is 1. The summed E-state index contributed by atoms with van der Waals surface area (Å²) in [6, 6.07) is 0. The van der Waals surface area contributed by atoms with E-state index in [0.717, 1.165) is 12.3 Å². The maximum Gasteiger partial charge on any atom is 0.148 e. The molecule has 0 bridgehead atoms. The first kappa shape index (κ1) is 13.4. The molecule has 0 aliphatic rings. The highest BCUT2D eigenvalue weighted by Crippen LogP contribution is 2.12. The molecule has 0 aromatic heterocycles. The lowest BCUT2D eigenvalue weighted by atomic mass is 10.0. The summed E-state index contributed by atoms with van der Waals surface area (Å²) >= 11 is 0. The van der Waals surface area contributed by atoms with Gasteiger partial charge in [-0.25, -0.2) is 0 Å². The lowest BCUT2D eigenvalue weighted by Gasteiger charge is -2.05. The van der Waals surface area contributed by atoms with Gasteiger partial charge < -0.3 is 9.90 Å². The quantitative estimate of drug-likeness (QED) is 0.504. The van der Waals surface area contributed by atoms with Crippen molar-refractivity contribution in [2.75, 3.05) is 0 Å². The third-order valence-corrected chi connectivity index (χ3v) is 2.22. The van der Waals surface area contributed by atoms with Crippen LogP contribution in [0, 0.1) is 5.92 Å². The maximum absolute atomic E-state index is 10.1. The summed E-state index contributed by atoms with van der Waals surface area (Å²) in [5.41, 5.74) is 1.27. The topological polar surface area (TPSA) is 37.3 Å². The maximum atomic E-state index is 10.1. The normalized spacial score (nSPS) is 14.5. The number of hydrogen-bond acceptors (Lipinski definition) is 2. The van der Waals surface area contributed by atoms with E-state index in [4.69, 9.17) is 5.11 Å². The van der Waals surface area contributed by atoms with Crippen molar-refractivity contribution >= 4 is 6.29 Å². The number of carbonyl (C=O) groups excluding carboxylic acids is 1. The zero-order valence-electron chi connectivity index (χ0n) is 9.49. The first-order valence-electron chi connectivity index (χ1n) is 5.35. The molecule has 2 heteroatoms. The molecule has 1 atom stereocenters. The monoisotopic (exact) mass is 198 g/mol. The Hall–Kier alpha value is -0.630. The summed E-state index contributed by atoms with van der Waals surface area (Å²) in [7, 11) is 0. The van der Waals surface area contributed by atoms with Crippen LogP contribution in [0.4, 0.5) is 0 Å². The SMILES string of the molecule is C/C(=C\CC(O)C=O)CCCC(C)C. The highest BCUT2D eigenvalue weighted by Gasteiger charge is 1.99. The zero-order valence-corrected chi connectivity index (χ0v) is 9.49. The van der Waals surface area contributed by atoms with E-state index in [-0.39, 0.29) is 0 Å². The molecule has 0 saturated carbocycles. The van der Waals surface area contributed by atoms with E-state index < -0.39 is 6.10 Å². The van der Waals surface area contributed by atoms with Crippen LogP contribution in [0.2, 0.25) is 0 Å². The van der Waals surface area contributed by atoms with E-state index in [2.05, 4.69) is 20.8 Å². The van der Waals surface area contributed by atoms with Crippen LogP contribution in [-0.2, 0) is 4.79 Å². The third-order valence-electron chi connectivity index (χ3n) is 2.22. The zero-order chi connectivity index (χ0) is 11.0. The third kappa shape index (κ3) is 7.99. The minimum absolute atomic E-state index is 0.455. The van der Waals surface area contributed by atoms with Crippen LogP contribution in [0.25, 0.3) is 0 Å². The molecule has 0 fully saturated rings. The van der Waals surface area contributed by atoms with Gasteiger partial charge in [0, 0.05) is 0 Å². The molecule has 82 valence electrons. The first-order chi connectivity index (χ1) is 6.56. The predicted molar refractivity (Wildman–Crippen MR) is 59.1 cm³/mol. The van der Waals surface area contributed by atoms with Gasteiger partial charge >= 0.3 is 0 Å². The highest BCUT2D eigenvalue weighted by atomic mass is 16.3. The van der Waals surface area contributed by atoms with E-state index in [1.165, 1.54) is 18.4 Å². The smallest absolute Gasteiger partial charge is 0.148 e. The van der Waals surface area contributed by atoms with Gasteiger partial charge in [-0.15, -0.1) is 0 Å². The molecular formula is C12H22O2. The van der Waals surface area contributed by atoms with Crippen LogP contribution in [0.15, 0.2) is 11.6 Å². The Morgan fingerprint density at radius 1 is 1.43 bits per heavy atom. The standard InChI is InChI=1S/C12H22O2/c1-10(2)5-4-6-11(3)7-8-12(14)9-13/h7,9-10,12,14H,4-6,8H2,1-3H3/b11-7+. The Balaban J connectivity index is 3.61. The fourth-order valence-corrected chi connectivity index (χ4v) is 1.27. The summed E-state index contributed by atoms with van der Waals surface area (Å²) in [5.74, 6) is 0.753. The van der Waals surface area contributed by atoms with Gasteiger partial charge in [0.15, 0.2) is 0 Å². The average Bonchev–Trinajstić information content (AvgIpc) is 2.13. The number of allylic oxidation sites excluding steroid dienone is 1. The second-order valence-electron chi connectivity index (χ2n) is 4.28. The fourth-order valence-electron chi connectivity index (χ4n) is 1.27. The largest absolute Gasteiger partial charge is 0.385 e. The van der Waals surface area contributed by atoms with Crippen molar-refractivity contribution in [2.24, 2.45) is 5.92 Å². The molecule has 0 radical (unpaired) electrons. The van der Waals surface area contributed by atoms with Crippen molar-refractivity contribution in [2.45, 2.75) is 52.6 Å². The van der Waals surface area contributed by atoms with Crippen molar-refractivity contribution in [3.63, 3.8) is 0 Å². The molecule has 1 N–H and O–H groups in total. The van der Waals surface area contributed by atoms with Crippen LogP contribution in [-0.4, -0.2) is 17.5 Å². The van der Waals surface area contributed by atoms with Crippen LogP contribution in [0.3, 0.4) is 0 Å². The Kier molecular flexibility index (Phi) is 7.40. The van der Waals surface area contributed by atoms with Gasteiger partial charge in [-0.3, -0.25) is 0 Å². The van der Waals surface area contributed by atoms with Gasteiger partial charge in [0.05, 0.1) is 0 Å². The molecule has 0 aliphatic carbocycles. The first-order valence-corrected chi connectivity index (χ1v) is 5.35. The van der Waals surface area contributed by atoms with Gasteiger partial charge in [-0.2, -0.15) is 0 Å². The molecule has 0 aromatic carbocycles. The number of aldehydes is 1. The Morgan fingerprint density at radius 2 is 2.07 bits per heavy atom. The molecule has 0 amide bonds. The number of rotatable bonds is 7. The number of carbonyl (C=O) groups is 1. The Bertz CT molecular complexity index is 183. The molecule has 0 spiro atoms. The predicted octanol–water partition coefficient (Wildman–Crippen LogP) is 2.71. The van der Waals surface area contributed by atoms with Gasteiger partial charge in [0.2, 0.25) is 0 Å². The van der Waals surface area contributed by atoms with Crippen LogP contribution in [0.1, 0.15) is 46.5 Å². The van der Waals surface area contributed by atoms with E-state index in [0.29, 0.717) is 12.7 Å². The summed E-state index contributed by atoms with van der Waals surface area (Å²) in [6.07, 6.45) is 5.67. The van der Waals surface area contributed by atoms with Gasteiger partial charge in [0.1, 0.15) is 12.4 Å². The number of aliphatic hydroxyl groups is 1. The number of hydrogen-bond donors (Lipinski definition) is 1. The molecule has 0 aromatic rings. The molecule has 0 heterocycles. The minimum Gasteiger partial charge on any atom is -0.385 e. The highest BCUT2D eigenvalue weighted by molar-refractivity contribution is 5.55. The van der Waals surface area contributed by atoms with Crippen LogP contribution >= 0.6 is 0 Å². The lowest BCUT2D eigenvalue weighted by molar-refractivity contribution is -0.114. The Morgan fingerprint density at radius 3 is 2.57 bits per heavy atom. The van der Waals surface area contributed by atoms with Gasteiger partial charge in [-0.1, -0.05) is 31.9 Å². The minimum atomic E-state index is -0.824. The van der Waals surface area contributed by atoms with Crippen molar-refractivity contribution in [1.29, 1.82) is 0 Å². The summed E-state index contributed by atoms with van der Waals surface area (Å²) < 4.78 is 0. The average molecular weight is 198 g/mol. The molecule has 14 heavy (non-hydrogen) atoms. The van der Waals surface area contributed by atoms with Crippen molar-refractivity contribution < 1.29 is 9.90 Å². The van der Waals surface area contributed by atoms with Crippen molar-refractivity contribution in [3.8, 4) is 0 Å². The van der Waals surface area contributed by atoms with E-state index in [1.54, 1.807) is 0 Å². The summed E-state index contributed by atoms with van der Waals surface area (Å²) in [4.78, 5) is 10.1. The summed E-state index contributed by atoms with van der Waals surface area (Å²) in [6.45, 7) is 6.49. The van der Waals surface area contributed by atoms with Gasteiger partial charge in [-0.05, 0) is 32.1 Å². The second kappa shape index (κ2) is 7.74. The van der Waals surface area contributed by atoms with E-state index >= 15 is 0 Å². The lowest BCUT2D eigenvalue weighted by Crippen LogP contribution is -2.05. The molecule has 1 unspecified atom stereocenters. The van der Waals surface area contributed by atoms with E-state index in [9.17, 15) is 4.79 Å². The van der Waals surface area contributed by atoms with Crippen LogP contribution in [0.5, 0.6) is 0 Å². The fraction of sp³-hybridized carbons (Fsp3) is 0.750. The van der Waals surface area contributed by atoms with Crippen molar-refractivity contribution in [1.82, 2.24) is 0 Å². The van der Waals surface area contributed by atoms with Crippen LogP contribution < -0.4 is 0 Å². The summed E-state index contributed by atoms with van der Waals surface area (Å²) in [5, 5.41) is 9.01.